The highest BCUT2D eigenvalue weighted by molar-refractivity contribution is 5.81. The number of rotatable bonds is 7. The van der Waals surface area contributed by atoms with E-state index in [1.54, 1.807) is 0 Å². The number of nitrogens with two attached hydrogens (primary N) is 1. The van der Waals surface area contributed by atoms with E-state index in [1.807, 2.05) is 18.3 Å². The Hall–Kier alpha value is -3.10. The second-order valence-electron chi connectivity index (χ2n) is 7.38. The van der Waals surface area contributed by atoms with Crippen LogP contribution in [0.1, 0.15) is 44.6 Å². The lowest BCUT2D eigenvalue weighted by atomic mass is 10.1. The van der Waals surface area contributed by atoms with E-state index in [9.17, 15) is 4.79 Å². The van der Waals surface area contributed by atoms with E-state index < -0.39 is 0 Å². The summed E-state index contributed by atoms with van der Waals surface area (Å²) in [5.41, 5.74) is 7.50. The van der Waals surface area contributed by atoms with Crippen molar-refractivity contribution < 1.29 is 4.74 Å². The van der Waals surface area contributed by atoms with Crippen LogP contribution >= 0.6 is 0 Å². The van der Waals surface area contributed by atoms with Crippen molar-refractivity contribution in [1.82, 2.24) is 24.5 Å². The highest BCUT2D eigenvalue weighted by Crippen LogP contribution is 2.20. The van der Waals surface area contributed by atoms with Gasteiger partial charge in [-0.2, -0.15) is 9.97 Å². The molecule has 0 aliphatic carbocycles. The number of nitrogens with zero attached hydrogens (tertiary/aromatic N) is 5. The number of fused-ring (bicyclic) bond motifs is 1. The molecule has 29 heavy (non-hydrogen) atoms. The van der Waals surface area contributed by atoms with E-state index in [4.69, 9.17) is 10.5 Å². The molecule has 0 bridgehead atoms. The average molecular weight is 397 g/mol. The molecule has 0 unspecified atom stereocenters. The summed E-state index contributed by atoms with van der Waals surface area (Å²) < 4.78 is 7.12. The topological polar surface area (TPSA) is 115 Å². The van der Waals surface area contributed by atoms with Gasteiger partial charge in [0.25, 0.3) is 0 Å². The first-order valence-corrected chi connectivity index (χ1v) is 10.2. The third-order valence-corrected chi connectivity index (χ3v) is 5.19. The number of aromatic nitrogens is 5. The molecule has 1 saturated heterocycles. The number of unbranched alkanes of at least 4 members (excludes halogenated alkanes) is 1. The average Bonchev–Trinajstić information content (AvgIpc) is 3.05. The zero-order valence-electron chi connectivity index (χ0n) is 16.7. The van der Waals surface area contributed by atoms with Crippen LogP contribution in [0, 0.1) is 0 Å². The number of nitrogen functional groups attached to an aromatic ring is 1. The Bertz CT molecular complexity index is 1020. The zero-order valence-corrected chi connectivity index (χ0v) is 16.7. The molecular weight excluding hydrogens is 370 g/mol. The molecule has 0 aromatic carbocycles. The van der Waals surface area contributed by atoms with E-state index >= 15 is 0 Å². The first-order chi connectivity index (χ1) is 14.2. The summed E-state index contributed by atoms with van der Waals surface area (Å²) in [5, 5.41) is 0. The maximum absolute atomic E-state index is 12.5. The van der Waals surface area contributed by atoms with Crippen LogP contribution in [0.5, 0.6) is 6.01 Å². The van der Waals surface area contributed by atoms with Gasteiger partial charge in [-0.15, -0.1) is 0 Å². The maximum atomic E-state index is 12.5. The molecule has 0 amide bonds. The molecule has 1 aliphatic heterocycles. The van der Waals surface area contributed by atoms with Crippen LogP contribution < -0.4 is 21.1 Å². The number of hydrogen-bond acceptors (Lipinski definition) is 7. The Morgan fingerprint density at radius 3 is 2.76 bits per heavy atom. The van der Waals surface area contributed by atoms with Crippen molar-refractivity contribution >= 4 is 22.8 Å². The predicted molar refractivity (Wildman–Crippen MR) is 112 cm³/mol. The van der Waals surface area contributed by atoms with Crippen LogP contribution in [0.3, 0.4) is 0 Å². The van der Waals surface area contributed by atoms with Crippen LogP contribution in [0.15, 0.2) is 23.1 Å². The minimum Gasteiger partial charge on any atom is -0.463 e. The van der Waals surface area contributed by atoms with Gasteiger partial charge in [-0.1, -0.05) is 19.4 Å². The number of H-pyrrole nitrogens is 1. The lowest BCUT2D eigenvalue weighted by molar-refractivity contribution is 0.286. The van der Waals surface area contributed by atoms with Crippen LogP contribution in [-0.2, 0) is 6.54 Å². The van der Waals surface area contributed by atoms with Gasteiger partial charge in [0.2, 0.25) is 0 Å². The van der Waals surface area contributed by atoms with Gasteiger partial charge in [0.1, 0.15) is 11.3 Å². The molecule has 0 spiro atoms. The minimum atomic E-state index is -0.285. The SMILES string of the molecule is CCCCOc1nc(N)c2[nH]c(=O)n(Cc3ccc(N4CCCCC4)nc3)c2n1. The summed E-state index contributed by atoms with van der Waals surface area (Å²) in [5.74, 6) is 1.19. The molecule has 1 fully saturated rings. The predicted octanol–water partition coefficient (Wildman–Crippen LogP) is 2.31. The van der Waals surface area contributed by atoms with Crippen molar-refractivity contribution in [2.45, 2.75) is 45.6 Å². The van der Waals surface area contributed by atoms with Crippen LogP contribution in [0.25, 0.3) is 11.2 Å². The third kappa shape index (κ3) is 4.18. The van der Waals surface area contributed by atoms with E-state index in [0.29, 0.717) is 24.3 Å². The van der Waals surface area contributed by atoms with Crippen LogP contribution in [0.4, 0.5) is 11.6 Å². The Kier molecular flexibility index (Phi) is 5.64. The lowest BCUT2D eigenvalue weighted by Crippen LogP contribution is -2.30. The number of nitrogens with one attached hydrogen (secondary N) is 1. The van der Waals surface area contributed by atoms with Gasteiger partial charge < -0.3 is 20.4 Å². The second kappa shape index (κ2) is 8.50. The highest BCUT2D eigenvalue weighted by atomic mass is 16.5. The first kappa shape index (κ1) is 19.2. The Balaban J connectivity index is 1.58. The molecule has 3 N–H and O–H groups in total. The molecule has 9 nitrogen and oxygen atoms in total. The number of piperidine rings is 1. The molecule has 3 aromatic rings. The van der Waals surface area contributed by atoms with Crippen LogP contribution in [0.2, 0.25) is 0 Å². The Labute approximate surface area is 168 Å². The van der Waals surface area contributed by atoms with Gasteiger partial charge in [0.05, 0.1) is 13.2 Å². The summed E-state index contributed by atoms with van der Waals surface area (Å²) in [6.07, 6.45) is 7.42. The summed E-state index contributed by atoms with van der Waals surface area (Å²) in [4.78, 5) is 30.7. The normalized spacial score (nSPS) is 14.4. The van der Waals surface area contributed by atoms with E-state index in [0.717, 1.165) is 37.3 Å². The van der Waals surface area contributed by atoms with Crippen molar-refractivity contribution in [3.05, 3.63) is 34.4 Å². The fraction of sp³-hybridized carbons (Fsp3) is 0.500. The lowest BCUT2D eigenvalue weighted by Gasteiger charge is -2.27. The number of hydrogen-bond donors (Lipinski definition) is 2. The number of anilines is 2. The molecule has 4 heterocycles. The van der Waals surface area contributed by atoms with Crippen molar-refractivity contribution in [2.24, 2.45) is 0 Å². The molecule has 154 valence electrons. The fourth-order valence-electron chi connectivity index (χ4n) is 3.55. The minimum absolute atomic E-state index is 0.190. The van der Waals surface area contributed by atoms with Crippen molar-refractivity contribution in [2.75, 3.05) is 30.3 Å². The molecule has 4 rings (SSSR count). The van der Waals surface area contributed by atoms with E-state index in [-0.39, 0.29) is 17.5 Å². The van der Waals surface area contributed by atoms with E-state index in [1.165, 1.54) is 23.8 Å². The Morgan fingerprint density at radius 1 is 1.21 bits per heavy atom. The number of ether oxygens (including phenoxy) is 1. The summed E-state index contributed by atoms with van der Waals surface area (Å²) in [7, 11) is 0. The molecule has 0 saturated carbocycles. The first-order valence-electron chi connectivity index (χ1n) is 10.2. The van der Waals surface area contributed by atoms with Crippen LogP contribution in [-0.4, -0.2) is 44.2 Å². The maximum Gasteiger partial charge on any atom is 0.328 e. The van der Waals surface area contributed by atoms with Crippen molar-refractivity contribution in [3.63, 3.8) is 0 Å². The molecule has 1 aliphatic rings. The highest BCUT2D eigenvalue weighted by Gasteiger charge is 2.16. The standard InChI is InChI=1S/C20H27N7O2/c1-2-3-11-29-19-24-17(21)16-18(25-19)27(20(28)23-16)13-14-7-8-15(22-12-14)26-9-5-4-6-10-26/h7-8,12H,2-6,9-11,13H2,1H3,(H,23,28)(H2,21,24,25). The molecule has 3 aromatic heterocycles. The monoisotopic (exact) mass is 397 g/mol. The molecule has 0 radical (unpaired) electrons. The smallest absolute Gasteiger partial charge is 0.328 e. The third-order valence-electron chi connectivity index (χ3n) is 5.19. The number of pyridine rings is 1. The molecule has 9 heteroatoms. The summed E-state index contributed by atoms with van der Waals surface area (Å²) >= 11 is 0. The van der Waals surface area contributed by atoms with Gasteiger partial charge in [-0.25, -0.2) is 9.78 Å². The Morgan fingerprint density at radius 2 is 2.03 bits per heavy atom. The van der Waals surface area contributed by atoms with Gasteiger partial charge in [-0.3, -0.25) is 4.57 Å². The van der Waals surface area contributed by atoms with Crippen molar-refractivity contribution in [3.8, 4) is 6.01 Å². The van der Waals surface area contributed by atoms with Gasteiger partial charge in [-0.05, 0) is 37.3 Å². The second-order valence-corrected chi connectivity index (χ2v) is 7.38. The van der Waals surface area contributed by atoms with E-state index in [2.05, 4.69) is 31.8 Å². The molecule has 0 atom stereocenters. The quantitative estimate of drug-likeness (QED) is 0.588. The van der Waals surface area contributed by atoms with Gasteiger partial charge in [0, 0.05) is 19.3 Å². The zero-order chi connectivity index (χ0) is 20.2. The van der Waals surface area contributed by atoms with Gasteiger partial charge >= 0.3 is 11.7 Å². The largest absolute Gasteiger partial charge is 0.463 e. The van der Waals surface area contributed by atoms with Crippen molar-refractivity contribution in [1.29, 1.82) is 0 Å². The summed E-state index contributed by atoms with van der Waals surface area (Å²) in [6.45, 7) is 5.03. The van der Waals surface area contributed by atoms with Gasteiger partial charge in [0.15, 0.2) is 11.5 Å². The fourth-order valence-corrected chi connectivity index (χ4v) is 3.55. The number of aromatic amines is 1. The number of imidazole rings is 1. The summed E-state index contributed by atoms with van der Waals surface area (Å²) in [6, 6.07) is 4.21. The molecular formula is C20H27N7O2.